The van der Waals surface area contributed by atoms with Crippen molar-refractivity contribution in [2.24, 2.45) is 5.92 Å². The van der Waals surface area contributed by atoms with E-state index < -0.39 is 28.5 Å². The average Bonchev–Trinajstić information content (AvgIpc) is 2.90. The van der Waals surface area contributed by atoms with Gasteiger partial charge in [-0.3, -0.25) is 13.9 Å². The lowest BCUT2D eigenvalue weighted by molar-refractivity contribution is -0.139. The Kier molecular flexibility index (Phi) is 9.92. The van der Waals surface area contributed by atoms with Gasteiger partial charge in [0.25, 0.3) is 10.0 Å². The van der Waals surface area contributed by atoms with E-state index in [9.17, 15) is 18.0 Å². The van der Waals surface area contributed by atoms with Gasteiger partial charge in [0, 0.05) is 13.1 Å². The van der Waals surface area contributed by atoms with E-state index in [0.717, 1.165) is 21.0 Å². The van der Waals surface area contributed by atoms with Crippen molar-refractivity contribution in [1.82, 2.24) is 10.2 Å². The zero-order valence-corrected chi connectivity index (χ0v) is 24.5. The number of amides is 2. The summed E-state index contributed by atoms with van der Waals surface area (Å²) in [5, 5.41) is 2.90. The fourth-order valence-electron chi connectivity index (χ4n) is 4.12. The third kappa shape index (κ3) is 7.69. The second kappa shape index (κ2) is 12.9. The number of hydrogen-bond acceptors (Lipinski definition) is 4. The van der Waals surface area contributed by atoms with Gasteiger partial charge in [0.2, 0.25) is 11.8 Å². The van der Waals surface area contributed by atoms with E-state index >= 15 is 0 Å². The van der Waals surface area contributed by atoms with Crippen molar-refractivity contribution in [3.8, 4) is 0 Å². The van der Waals surface area contributed by atoms with E-state index in [2.05, 4.69) is 5.32 Å². The summed E-state index contributed by atoms with van der Waals surface area (Å²) >= 11 is 0. The summed E-state index contributed by atoms with van der Waals surface area (Å²) in [7, 11) is -4.08. The summed E-state index contributed by atoms with van der Waals surface area (Å²) in [5.74, 6) is -0.506. The fraction of sp³-hybridized carbons (Fsp3) is 0.355. The molecule has 208 valence electrons. The van der Waals surface area contributed by atoms with Gasteiger partial charge in [0.15, 0.2) is 0 Å². The van der Waals surface area contributed by atoms with Gasteiger partial charge < -0.3 is 10.2 Å². The van der Waals surface area contributed by atoms with Crippen LogP contribution in [0.2, 0.25) is 0 Å². The Balaban J connectivity index is 2.02. The topological polar surface area (TPSA) is 86.8 Å². The Bertz CT molecular complexity index is 1380. The molecule has 3 rings (SSSR count). The van der Waals surface area contributed by atoms with Crippen LogP contribution in [0.3, 0.4) is 0 Å². The van der Waals surface area contributed by atoms with Crippen molar-refractivity contribution < 1.29 is 18.0 Å². The molecular formula is C31H39N3O4S. The number of aryl methyl sites for hydroxylation is 3. The summed E-state index contributed by atoms with van der Waals surface area (Å²) in [6.07, 6.45) is 0. The SMILES string of the molecule is Cc1ccc(CN(C(=O)CN(c2ccccc2C)S(=O)(=O)c2ccc(C)cc2)C(C)C(=O)NCC(C)C)cc1. The Labute approximate surface area is 232 Å². The maximum Gasteiger partial charge on any atom is 0.264 e. The molecule has 1 unspecified atom stereocenters. The highest BCUT2D eigenvalue weighted by Crippen LogP contribution is 2.27. The van der Waals surface area contributed by atoms with Gasteiger partial charge in [-0.2, -0.15) is 0 Å². The smallest absolute Gasteiger partial charge is 0.264 e. The first kappa shape index (κ1) is 29.9. The second-order valence-corrected chi connectivity index (χ2v) is 12.3. The van der Waals surface area contributed by atoms with Crippen LogP contribution in [0.15, 0.2) is 77.7 Å². The molecule has 0 saturated carbocycles. The number of anilines is 1. The molecule has 8 heteroatoms. The molecule has 0 radical (unpaired) electrons. The standard InChI is InChI=1S/C31H39N3O4S/c1-22(2)19-32-31(36)26(6)33(20-27-15-11-23(3)12-16-27)30(35)21-34(29-10-8-7-9-25(29)5)39(37,38)28-17-13-24(4)14-18-28/h7-18,22,26H,19-21H2,1-6H3,(H,32,36). The highest BCUT2D eigenvalue weighted by molar-refractivity contribution is 7.92. The van der Waals surface area contributed by atoms with E-state index in [4.69, 9.17) is 0 Å². The van der Waals surface area contributed by atoms with Crippen LogP contribution in [0.25, 0.3) is 0 Å². The quantitative estimate of drug-likeness (QED) is 0.365. The molecule has 0 aliphatic heterocycles. The molecule has 1 N–H and O–H groups in total. The number of hydrogen-bond donors (Lipinski definition) is 1. The van der Waals surface area contributed by atoms with E-state index in [-0.39, 0.29) is 23.3 Å². The molecule has 0 heterocycles. The minimum absolute atomic E-state index is 0.0944. The number of carbonyl (C=O) groups excluding carboxylic acids is 2. The lowest BCUT2D eigenvalue weighted by Gasteiger charge is -2.32. The Morgan fingerprint density at radius 1 is 0.821 bits per heavy atom. The number of nitrogens with one attached hydrogen (secondary N) is 1. The zero-order chi connectivity index (χ0) is 28.7. The van der Waals surface area contributed by atoms with Gasteiger partial charge in [0.05, 0.1) is 10.6 Å². The third-order valence-electron chi connectivity index (χ3n) is 6.60. The molecule has 1 atom stereocenters. The van der Waals surface area contributed by atoms with Crippen LogP contribution in [0.5, 0.6) is 0 Å². The summed E-state index contributed by atoms with van der Waals surface area (Å²) in [6, 6.07) is 20.5. The summed E-state index contributed by atoms with van der Waals surface area (Å²) < 4.78 is 29.0. The summed E-state index contributed by atoms with van der Waals surface area (Å²) in [5.41, 5.74) is 3.99. The molecule has 0 aliphatic carbocycles. The first-order valence-electron chi connectivity index (χ1n) is 13.2. The van der Waals surface area contributed by atoms with E-state index in [1.54, 1.807) is 43.3 Å². The molecule has 0 saturated heterocycles. The van der Waals surface area contributed by atoms with Crippen LogP contribution in [0.1, 0.15) is 43.0 Å². The molecule has 2 amide bonds. The Morgan fingerprint density at radius 3 is 1.95 bits per heavy atom. The Morgan fingerprint density at radius 2 is 1.38 bits per heavy atom. The minimum Gasteiger partial charge on any atom is -0.354 e. The molecule has 39 heavy (non-hydrogen) atoms. The van der Waals surface area contributed by atoms with Crippen molar-refractivity contribution in [3.05, 3.63) is 95.1 Å². The predicted molar refractivity (Wildman–Crippen MR) is 156 cm³/mol. The summed E-state index contributed by atoms with van der Waals surface area (Å²) in [4.78, 5) is 28.6. The molecule has 3 aromatic carbocycles. The number of para-hydroxylation sites is 1. The monoisotopic (exact) mass is 549 g/mol. The molecule has 0 fully saturated rings. The average molecular weight is 550 g/mol. The minimum atomic E-state index is -4.08. The van der Waals surface area contributed by atoms with Crippen LogP contribution >= 0.6 is 0 Å². The van der Waals surface area contributed by atoms with Crippen molar-refractivity contribution in [1.29, 1.82) is 0 Å². The lowest BCUT2D eigenvalue weighted by atomic mass is 10.1. The largest absolute Gasteiger partial charge is 0.354 e. The number of rotatable bonds is 11. The number of nitrogens with zero attached hydrogens (tertiary/aromatic N) is 2. The van der Waals surface area contributed by atoms with E-state index in [1.165, 1.54) is 4.90 Å². The van der Waals surface area contributed by atoms with E-state index in [1.807, 2.05) is 71.0 Å². The van der Waals surface area contributed by atoms with Crippen molar-refractivity contribution in [3.63, 3.8) is 0 Å². The molecule has 0 aliphatic rings. The van der Waals surface area contributed by atoms with Gasteiger partial charge in [0.1, 0.15) is 12.6 Å². The normalized spacial score (nSPS) is 12.2. The number of sulfonamides is 1. The third-order valence-corrected chi connectivity index (χ3v) is 8.37. The molecule has 3 aromatic rings. The van der Waals surface area contributed by atoms with Crippen LogP contribution in [-0.2, 0) is 26.2 Å². The molecular weight excluding hydrogens is 510 g/mol. The van der Waals surface area contributed by atoms with Crippen LogP contribution in [0.4, 0.5) is 5.69 Å². The van der Waals surface area contributed by atoms with Crippen molar-refractivity contribution in [2.45, 2.75) is 59.0 Å². The van der Waals surface area contributed by atoms with Crippen LogP contribution in [-0.4, -0.2) is 44.3 Å². The summed E-state index contributed by atoms with van der Waals surface area (Å²) in [6.45, 7) is 11.5. The van der Waals surface area contributed by atoms with Gasteiger partial charge in [-0.1, -0.05) is 79.6 Å². The molecule has 0 aromatic heterocycles. The maximum atomic E-state index is 14.0. The first-order valence-corrected chi connectivity index (χ1v) is 14.6. The second-order valence-electron chi connectivity index (χ2n) is 10.4. The van der Waals surface area contributed by atoms with Gasteiger partial charge >= 0.3 is 0 Å². The number of carbonyl (C=O) groups is 2. The van der Waals surface area contributed by atoms with Crippen LogP contribution < -0.4 is 9.62 Å². The predicted octanol–water partition coefficient (Wildman–Crippen LogP) is 5.00. The van der Waals surface area contributed by atoms with Crippen molar-refractivity contribution in [2.75, 3.05) is 17.4 Å². The Hall–Kier alpha value is -3.65. The highest BCUT2D eigenvalue weighted by atomic mass is 32.2. The highest BCUT2D eigenvalue weighted by Gasteiger charge is 2.33. The van der Waals surface area contributed by atoms with Gasteiger partial charge in [-0.05, 0) is 62.9 Å². The first-order chi connectivity index (χ1) is 18.4. The fourth-order valence-corrected chi connectivity index (χ4v) is 5.60. The zero-order valence-electron chi connectivity index (χ0n) is 23.6. The van der Waals surface area contributed by atoms with Gasteiger partial charge in [-0.25, -0.2) is 8.42 Å². The van der Waals surface area contributed by atoms with Crippen LogP contribution in [0, 0.1) is 26.7 Å². The molecule has 7 nitrogen and oxygen atoms in total. The van der Waals surface area contributed by atoms with Gasteiger partial charge in [-0.15, -0.1) is 0 Å². The van der Waals surface area contributed by atoms with E-state index in [0.29, 0.717) is 17.8 Å². The maximum absolute atomic E-state index is 14.0. The molecule has 0 spiro atoms. The number of benzene rings is 3. The lowest BCUT2D eigenvalue weighted by Crippen LogP contribution is -2.51. The van der Waals surface area contributed by atoms with Crippen molar-refractivity contribution >= 4 is 27.5 Å². The molecule has 0 bridgehead atoms.